The molecule has 114 valence electrons. The topological polar surface area (TPSA) is 53.1 Å². The number of aryl methyl sites for hydroxylation is 1. The lowest BCUT2D eigenvalue weighted by Gasteiger charge is -2.43. The molecule has 20 heavy (non-hydrogen) atoms. The fourth-order valence-corrected chi connectivity index (χ4v) is 3.53. The van der Waals surface area contributed by atoms with Gasteiger partial charge in [0, 0.05) is 24.9 Å². The van der Waals surface area contributed by atoms with E-state index >= 15 is 0 Å². The van der Waals surface area contributed by atoms with E-state index in [0.29, 0.717) is 5.92 Å². The standard InChI is InChI=1S/C16H29N3O/c1-4-9-19-12-14(11-18-19)15(17)16(20-5-2)8-6-7-13(3)10-16/h11-13,15H,4-10,17H2,1-3H3. The van der Waals surface area contributed by atoms with Crippen molar-refractivity contribution in [2.24, 2.45) is 11.7 Å². The van der Waals surface area contributed by atoms with Crippen molar-refractivity contribution >= 4 is 0 Å². The molecule has 0 aliphatic heterocycles. The summed E-state index contributed by atoms with van der Waals surface area (Å²) in [6.45, 7) is 8.20. The van der Waals surface area contributed by atoms with Gasteiger partial charge in [-0.25, -0.2) is 0 Å². The Kier molecular flexibility index (Phi) is 5.22. The van der Waals surface area contributed by atoms with E-state index in [1.165, 1.54) is 12.8 Å². The number of nitrogens with zero attached hydrogens (tertiary/aromatic N) is 2. The van der Waals surface area contributed by atoms with E-state index in [1.807, 2.05) is 10.9 Å². The van der Waals surface area contributed by atoms with Gasteiger partial charge in [-0.1, -0.05) is 26.7 Å². The first kappa shape index (κ1) is 15.5. The van der Waals surface area contributed by atoms with Crippen molar-refractivity contribution in [3.8, 4) is 0 Å². The van der Waals surface area contributed by atoms with Crippen molar-refractivity contribution in [3.63, 3.8) is 0 Å². The Labute approximate surface area is 122 Å². The summed E-state index contributed by atoms with van der Waals surface area (Å²) in [6, 6.07) is -0.0733. The van der Waals surface area contributed by atoms with Gasteiger partial charge in [0.1, 0.15) is 0 Å². The first-order valence-electron chi connectivity index (χ1n) is 8.03. The summed E-state index contributed by atoms with van der Waals surface area (Å²) in [5.41, 5.74) is 7.49. The number of rotatable bonds is 6. The third-order valence-electron chi connectivity index (χ3n) is 4.45. The van der Waals surface area contributed by atoms with E-state index in [1.54, 1.807) is 0 Å². The lowest BCUT2D eigenvalue weighted by atomic mass is 9.73. The summed E-state index contributed by atoms with van der Waals surface area (Å²) in [6.07, 6.45) is 9.71. The molecule has 4 heteroatoms. The maximum absolute atomic E-state index is 6.58. The Morgan fingerprint density at radius 1 is 1.55 bits per heavy atom. The van der Waals surface area contributed by atoms with Gasteiger partial charge in [-0.2, -0.15) is 5.10 Å². The first-order valence-corrected chi connectivity index (χ1v) is 8.03. The molecule has 1 aliphatic carbocycles. The predicted octanol–water partition coefficient (Wildman–Crippen LogP) is 3.28. The normalized spacial score (nSPS) is 28.5. The third kappa shape index (κ3) is 3.23. The molecule has 0 bridgehead atoms. The lowest BCUT2D eigenvalue weighted by molar-refractivity contribution is -0.0938. The molecule has 1 heterocycles. The van der Waals surface area contributed by atoms with E-state index in [-0.39, 0.29) is 11.6 Å². The number of ether oxygens (including phenoxy) is 1. The molecular weight excluding hydrogens is 250 g/mol. The molecule has 2 N–H and O–H groups in total. The van der Waals surface area contributed by atoms with Crippen LogP contribution in [0.5, 0.6) is 0 Å². The number of nitrogens with two attached hydrogens (primary N) is 1. The van der Waals surface area contributed by atoms with Crippen molar-refractivity contribution in [3.05, 3.63) is 18.0 Å². The monoisotopic (exact) mass is 279 g/mol. The Hall–Kier alpha value is -0.870. The number of aromatic nitrogens is 2. The van der Waals surface area contributed by atoms with Gasteiger partial charge >= 0.3 is 0 Å². The van der Waals surface area contributed by atoms with E-state index in [9.17, 15) is 0 Å². The van der Waals surface area contributed by atoms with Gasteiger partial charge < -0.3 is 10.5 Å². The molecule has 0 aromatic carbocycles. The minimum atomic E-state index is -0.202. The zero-order valence-electron chi connectivity index (χ0n) is 13.1. The van der Waals surface area contributed by atoms with Crippen molar-refractivity contribution in [1.29, 1.82) is 0 Å². The van der Waals surface area contributed by atoms with E-state index in [2.05, 4.69) is 32.1 Å². The molecule has 0 radical (unpaired) electrons. The van der Waals surface area contributed by atoms with Crippen LogP contribution in [0.3, 0.4) is 0 Å². The maximum atomic E-state index is 6.58. The molecule has 3 unspecified atom stereocenters. The van der Waals surface area contributed by atoms with Gasteiger partial charge in [0.05, 0.1) is 17.8 Å². The van der Waals surface area contributed by atoms with Crippen LogP contribution in [-0.2, 0) is 11.3 Å². The second kappa shape index (κ2) is 6.72. The van der Waals surface area contributed by atoms with Gasteiger partial charge in [0.15, 0.2) is 0 Å². The van der Waals surface area contributed by atoms with Crippen LogP contribution in [0.1, 0.15) is 64.5 Å². The highest BCUT2D eigenvalue weighted by Crippen LogP contribution is 2.42. The summed E-state index contributed by atoms with van der Waals surface area (Å²) in [4.78, 5) is 0. The molecule has 1 aliphatic rings. The summed E-state index contributed by atoms with van der Waals surface area (Å²) in [5.74, 6) is 0.687. The average Bonchev–Trinajstić information content (AvgIpc) is 2.87. The summed E-state index contributed by atoms with van der Waals surface area (Å²) in [5, 5.41) is 4.41. The van der Waals surface area contributed by atoms with E-state index in [0.717, 1.165) is 38.0 Å². The summed E-state index contributed by atoms with van der Waals surface area (Å²) >= 11 is 0. The first-order chi connectivity index (χ1) is 9.61. The molecule has 0 spiro atoms. The molecule has 2 rings (SSSR count). The molecule has 0 saturated heterocycles. The molecular formula is C16H29N3O. The van der Waals surface area contributed by atoms with Gasteiger partial charge in [-0.3, -0.25) is 4.68 Å². The highest BCUT2D eigenvalue weighted by atomic mass is 16.5. The van der Waals surface area contributed by atoms with Crippen LogP contribution in [0.4, 0.5) is 0 Å². The van der Waals surface area contributed by atoms with E-state index in [4.69, 9.17) is 10.5 Å². The smallest absolute Gasteiger partial charge is 0.0877 e. The molecule has 1 aromatic heterocycles. The SMILES string of the molecule is CCCn1cc(C(N)C2(OCC)CCCC(C)C2)cn1. The van der Waals surface area contributed by atoms with Crippen molar-refractivity contribution in [2.75, 3.05) is 6.61 Å². The van der Waals surface area contributed by atoms with Crippen LogP contribution in [-0.4, -0.2) is 22.0 Å². The fraction of sp³-hybridized carbons (Fsp3) is 0.812. The van der Waals surface area contributed by atoms with Crippen molar-refractivity contribution < 1.29 is 4.74 Å². The average molecular weight is 279 g/mol. The zero-order chi connectivity index (χ0) is 14.6. The highest BCUT2D eigenvalue weighted by Gasteiger charge is 2.42. The molecule has 3 atom stereocenters. The Morgan fingerprint density at radius 2 is 2.35 bits per heavy atom. The zero-order valence-corrected chi connectivity index (χ0v) is 13.1. The predicted molar refractivity (Wildman–Crippen MR) is 81.4 cm³/mol. The van der Waals surface area contributed by atoms with Crippen LogP contribution >= 0.6 is 0 Å². The summed E-state index contributed by atoms with van der Waals surface area (Å²) < 4.78 is 8.15. The van der Waals surface area contributed by atoms with Crippen LogP contribution in [0.25, 0.3) is 0 Å². The quantitative estimate of drug-likeness (QED) is 0.869. The molecule has 1 fully saturated rings. The Balaban J connectivity index is 2.18. The fourth-order valence-electron chi connectivity index (χ4n) is 3.53. The lowest BCUT2D eigenvalue weighted by Crippen LogP contribution is -2.47. The van der Waals surface area contributed by atoms with Crippen molar-refractivity contribution in [1.82, 2.24) is 9.78 Å². The van der Waals surface area contributed by atoms with Crippen LogP contribution in [0.15, 0.2) is 12.4 Å². The van der Waals surface area contributed by atoms with Crippen LogP contribution in [0.2, 0.25) is 0 Å². The minimum Gasteiger partial charge on any atom is -0.373 e. The largest absolute Gasteiger partial charge is 0.373 e. The molecule has 1 aromatic rings. The second-order valence-electron chi connectivity index (χ2n) is 6.21. The molecule has 1 saturated carbocycles. The van der Waals surface area contributed by atoms with Crippen LogP contribution < -0.4 is 5.73 Å². The van der Waals surface area contributed by atoms with Gasteiger partial charge in [0.25, 0.3) is 0 Å². The Bertz CT molecular complexity index is 414. The third-order valence-corrected chi connectivity index (χ3v) is 4.45. The Morgan fingerprint density at radius 3 is 3.00 bits per heavy atom. The second-order valence-corrected chi connectivity index (χ2v) is 6.21. The maximum Gasteiger partial charge on any atom is 0.0877 e. The molecule has 4 nitrogen and oxygen atoms in total. The molecule has 0 amide bonds. The van der Waals surface area contributed by atoms with Gasteiger partial charge in [-0.05, 0) is 32.1 Å². The number of hydrogen-bond donors (Lipinski definition) is 1. The highest BCUT2D eigenvalue weighted by molar-refractivity contribution is 5.16. The van der Waals surface area contributed by atoms with Crippen LogP contribution in [0, 0.1) is 5.92 Å². The number of hydrogen-bond acceptors (Lipinski definition) is 3. The summed E-state index contributed by atoms with van der Waals surface area (Å²) in [7, 11) is 0. The van der Waals surface area contributed by atoms with Gasteiger partial charge in [-0.15, -0.1) is 0 Å². The minimum absolute atomic E-state index is 0.0733. The van der Waals surface area contributed by atoms with Crippen molar-refractivity contribution in [2.45, 2.75) is 71.1 Å². The van der Waals surface area contributed by atoms with Gasteiger partial charge in [0.2, 0.25) is 0 Å². The van der Waals surface area contributed by atoms with E-state index < -0.39 is 0 Å².